The molecule has 2 nitrogen and oxygen atoms in total. The van der Waals surface area contributed by atoms with E-state index in [1.807, 2.05) is 19.1 Å². The van der Waals surface area contributed by atoms with E-state index in [9.17, 15) is 10.2 Å². The first-order valence-electron chi connectivity index (χ1n) is 5.60. The van der Waals surface area contributed by atoms with Crippen molar-refractivity contribution in [1.82, 2.24) is 0 Å². The summed E-state index contributed by atoms with van der Waals surface area (Å²) in [5.41, 5.74) is 5.20. The second-order valence-electron chi connectivity index (χ2n) is 4.38. The van der Waals surface area contributed by atoms with Crippen molar-refractivity contribution in [3.63, 3.8) is 0 Å². The lowest BCUT2D eigenvalue weighted by Crippen LogP contribution is -1.91. The maximum atomic E-state index is 9.86. The molecule has 0 aromatic heterocycles. The third-order valence-electron chi connectivity index (χ3n) is 3.33. The summed E-state index contributed by atoms with van der Waals surface area (Å²) in [5, 5.41) is 19.4. The van der Waals surface area contributed by atoms with Gasteiger partial charge in [0, 0.05) is 5.56 Å². The second-order valence-corrected chi connectivity index (χ2v) is 4.38. The van der Waals surface area contributed by atoms with E-state index >= 15 is 0 Å². The standard InChI is InChI=1S/C15H16O2/c1-9-4-6-13(11(3)10(9)2)14-8-12(16)5-7-15(14)17/h4-8,16-17H,1-3H3. The van der Waals surface area contributed by atoms with Crippen molar-refractivity contribution < 1.29 is 10.2 Å². The predicted molar refractivity (Wildman–Crippen MR) is 69.4 cm³/mol. The molecule has 2 N–H and O–H groups in total. The first-order chi connectivity index (χ1) is 8.00. The van der Waals surface area contributed by atoms with Crippen LogP contribution in [-0.2, 0) is 0 Å². The number of phenolic OH excluding ortho intramolecular Hbond substituents is 2. The summed E-state index contributed by atoms with van der Waals surface area (Å²) in [6.07, 6.45) is 0. The summed E-state index contributed by atoms with van der Waals surface area (Å²) in [5.74, 6) is 0.351. The summed E-state index contributed by atoms with van der Waals surface area (Å²) >= 11 is 0. The van der Waals surface area contributed by atoms with Gasteiger partial charge in [-0.25, -0.2) is 0 Å². The molecule has 0 amide bonds. The lowest BCUT2D eigenvalue weighted by molar-refractivity contribution is 0.462. The molecule has 0 aliphatic rings. The Morgan fingerprint density at radius 1 is 0.765 bits per heavy atom. The molecule has 0 aliphatic carbocycles. The highest BCUT2D eigenvalue weighted by Crippen LogP contribution is 2.35. The zero-order chi connectivity index (χ0) is 12.6. The normalized spacial score (nSPS) is 10.5. The van der Waals surface area contributed by atoms with Crippen molar-refractivity contribution in [2.75, 3.05) is 0 Å². The minimum atomic E-state index is 0.162. The Morgan fingerprint density at radius 2 is 1.47 bits per heavy atom. The Labute approximate surface area is 101 Å². The SMILES string of the molecule is Cc1ccc(-c2cc(O)ccc2O)c(C)c1C. The number of hydrogen-bond donors (Lipinski definition) is 2. The van der Waals surface area contributed by atoms with Crippen molar-refractivity contribution >= 4 is 0 Å². The van der Waals surface area contributed by atoms with E-state index < -0.39 is 0 Å². The van der Waals surface area contributed by atoms with Crippen molar-refractivity contribution in [1.29, 1.82) is 0 Å². The van der Waals surface area contributed by atoms with Gasteiger partial charge in [0.1, 0.15) is 11.5 Å². The molecule has 2 aromatic carbocycles. The molecule has 0 unspecified atom stereocenters. The van der Waals surface area contributed by atoms with Crippen LogP contribution in [0.2, 0.25) is 0 Å². The largest absolute Gasteiger partial charge is 0.508 e. The zero-order valence-electron chi connectivity index (χ0n) is 10.3. The van der Waals surface area contributed by atoms with Crippen LogP contribution < -0.4 is 0 Å². The number of aryl methyl sites for hydroxylation is 1. The van der Waals surface area contributed by atoms with E-state index in [2.05, 4.69) is 13.8 Å². The molecular formula is C15H16O2. The van der Waals surface area contributed by atoms with Crippen LogP contribution in [-0.4, -0.2) is 10.2 Å². The molecule has 0 aliphatic heterocycles. The van der Waals surface area contributed by atoms with E-state index in [-0.39, 0.29) is 11.5 Å². The van der Waals surface area contributed by atoms with Gasteiger partial charge >= 0.3 is 0 Å². The number of aromatic hydroxyl groups is 2. The molecule has 2 heteroatoms. The summed E-state index contributed by atoms with van der Waals surface area (Å²) in [6.45, 7) is 6.16. The number of hydrogen-bond acceptors (Lipinski definition) is 2. The Balaban J connectivity index is 2.69. The average Bonchev–Trinajstić information content (AvgIpc) is 2.30. The molecule has 0 saturated carbocycles. The summed E-state index contributed by atoms with van der Waals surface area (Å²) in [4.78, 5) is 0. The maximum Gasteiger partial charge on any atom is 0.123 e. The molecule has 0 fully saturated rings. The van der Waals surface area contributed by atoms with Gasteiger partial charge in [0.25, 0.3) is 0 Å². The quantitative estimate of drug-likeness (QED) is 0.731. The summed E-state index contributed by atoms with van der Waals surface area (Å²) in [7, 11) is 0. The van der Waals surface area contributed by atoms with E-state index in [4.69, 9.17) is 0 Å². The third kappa shape index (κ3) is 1.98. The van der Waals surface area contributed by atoms with E-state index in [1.54, 1.807) is 6.07 Å². The Hall–Kier alpha value is -1.96. The molecule has 0 spiro atoms. The van der Waals surface area contributed by atoms with Crippen molar-refractivity contribution in [2.45, 2.75) is 20.8 Å². The fraction of sp³-hybridized carbons (Fsp3) is 0.200. The van der Waals surface area contributed by atoms with Crippen LogP contribution in [0.4, 0.5) is 0 Å². The maximum absolute atomic E-state index is 9.86. The number of rotatable bonds is 1. The smallest absolute Gasteiger partial charge is 0.123 e. The molecule has 17 heavy (non-hydrogen) atoms. The minimum absolute atomic E-state index is 0.162. The zero-order valence-corrected chi connectivity index (χ0v) is 10.3. The van der Waals surface area contributed by atoms with Crippen molar-refractivity contribution in [3.8, 4) is 22.6 Å². The second kappa shape index (κ2) is 4.13. The first kappa shape index (κ1) is 11.5. The van der Waals surface area contributed by atoms with Gasteiger partial charge in [-0.2, -0.15) is 0 Å². The lowest BCUT2D eigenvalue weighted by Gasteiger charge is -2.12. The first-order valence-corrected chi connectivity index (χ1v) is 5.60. The molecule has 0 atom stereocenters. The van der Waals surface area contributed by atoms with E-state index in [0.29, 0.717) is 5.56 Å². The van der Waals surface area contributed by atoms with Gasteiger partial charge in [-0.05, 0) is 61.2 Å². The Kier molecular flexibility index (Phi) is 2.80. The fourth-order valence-corrected chi connectivity index (χ4v) is 1.99. The molecule has 0 radical (unpaired) electrons. The predicted octanol–water partition coefficient (Wildman–Crippen LogP) is 3.69. The molecule has 0 bridgehead atoms. The molecular weight excluding hydrogens is 212 g/mol. The molecule has 0 heterocycles. The van der Waals surface area contributed by atoms with Crippen LogP contribution in [0.1, 0.15) is 16.7 Å². The Morgan fingerprint density at radius 3 is 2.18 bits per heavy atom. The fourth-order valence-electron chi connectivity index (χ4n) is 1.99. The highest BCUT2D eigenvalue weighted by Gasteiger charge is 2.10. The van der Waals surface area contributed by atoms with E-state index in [1.165, 1.54) is 23.3 Å². The van der Waals surface area contributed by atoms with Crippen LogP contribution in [0.5, 0.6) is 11.5 Å². The van der Waals surface area contributed by atoms with Crippen LogP contribution >= 0.6 is 0 Å². The molecule has 88 valence electrons. The number of phenols is 2. The Bertz CT molecular complexity index is 571. The van der Waals surface area contributed by atoms with Crippen LogP contribution in [0.25, 0.3) is 11.1 Å². The van der Waals surface area contributed by atoms with Gasteiger partial charge < -0.3 is 10.2 Å². The highest BCUT2D eigenvalue weighted by molar-refractivity contribution is 5.75. The topological polar surface area (TPSA) is 40.5 Å². The van der Waals surface area contributed by atoms with Gasteiger partial charge in [-0.3, -0.25) is 0 Å². The van der Waals surface area contributed by atoms with Crippen LogP contribution in [0, 0.1) is 20.8 Å². The summed E-state index contributed by atoms with van der Waals surface area (Å²) in [6, 6.07) is 8.59. The van der Waals surface area contributed by atoms with Gasteiger partial charge in [0.2, 0.25) is 0 Å². The highest BCUT2D eigenvalue weighted by atomic mass is 16.3. The number of benzene rings is 2. The van der Waals surface area contributed by atoms with Gasteiger partial charge in [0.15, 0.2) is 0 Å². The average molecular weight is 228 g/mol. The van der Waals surface area contributed by atoms with Crippen LogP contribution in [0.3, 0.4) is 0 Å². The third-order valence-corrected chi connectivity index (χ3v) is 3.33. The van der Waals surface area contributed by atoms with Gasteiger partial charge in [0.05, 0.1) is 0 Å². The van der Waals surface area contributed by atoms with Gasteiger partial charge in [-0.15, -0.1) is 0 Å². The van der Waals surface area contributed by atoms with Crippen molar-refractivity contribution in [2.24, 2.45) is 0 Å². The van der Waals surface area contributed by atoms with Gasteiger partial charge in [-0.1, -0.05) is 12.1 Å². The summed E-state index contributed by atoms with van der Waals surface area (Å²) < 4.78 is 0. The lowest BCUT2D eigenvalue weighted by atomic mass is 9.93. The van der Waals surface area contributed by atoms with Crippen LogP contribution in [0.15, 0.2) is 30.3 Å². The monoisotopic (exact) mass is 228 g/mol. The molecule has 2 aromatic rings. The van der Waals surface area contributed by atoms with Crippen molar-refractivity contribution in [3.05, 3.63) is 47.0 Å². The van der Waals surface area contributed by atoms with E-state index in [0.717, 1.165) is 11.1 Å². The molecule has 2 rings (SSSR count). The molecule has 0 saturated heterocycles. The minimum Gasteiger partial charge on any atom is -0.508 e.